The van der Waals surface area contributed by atoms with Crippen molar-refractivity contribution in [1.82, 2.24) is 5.32 Å². The molecular formula is C12H16N2O2. The Balaban J connectivity index is 2.88. The summed E-state index contributed by atoms with van der Waals surface area (Å²) in [7, 11) is 0. The molecule has 0 aliphatic rings. The van der Waals surface area contributed by atoms with E-state index in [1.165, 1.54) is 0 Å². The number of carbonyl (C=O) groups excluding carboxylic acids is 2. The van der Waals surface area contributed by atoms with Gasteiger partial charge in [0, 0.05) is 11.2 Å². The topological polar surface area (TPSA) is 72.2 Å². The molecule has 3 N–H and O–H groups in total. The van der Waals surface area contributed by atoms with Crippen molar-refractivity contribution in [3.8, 4) is 0 Å². The summed E-state index contributed by atoms with van der Waals surface area (Å²) in [6.07, 6.45) is 0. The van der Waals surface area contributed by atoms with Gasteiger partial charge in [0.05, 0.1) is 5.56 Å². The van der Waals surface area contributed by atoms with E-state index in [-0.39, 0.29) is 5.56 Å². The fourth-order valence-electron chi connectivity index (χ4n) is 1.22. The standard InChI is InChI=1S/C12H16N2O2/c1-12(2,3)14-11(16)10(15)8-6-4-5-7-9(8)13/h4-7H,13H2,1-3H3,(H,14,16). The summed E-state index contributed by atoms with van der Waals surface area (Å²) in [5, 5.41) is 2.60. The zero-order valence-corrected chi connectivity index (χ0v) is 9.70. The molecule has 0 saturated heterocycles. The van der Waals surface area contributed by atoms with Gasteiger partial charge in [-0.05, 0) is 32.9 Å². The van der Waals surface area contributed by atoms with Crippen LogP contribution in [0.5, 0.6) is 0 Å². The SMILES string of the molecule is CC(C)(C)NC(=O)C(=O)c1ccccc1N. The van der Waals surface area contributed by atoms with Crippen molar-refractivity contribution < 1.29 is 9.59 Å². The summed E-state index contributed by atoms with van der Waals surface area (Å²) >= 11 is 0. The van der Waals surface area contributed by atoms with E-state index in [0.717, 1.165) is 0 Å². The highest BCUT2D eigenvalue weighted by molar-refractivity contribution is 6.44. The van der Waals surface area contributed by atoms with Gasteiger partial charge in [0.15, 0.2) is 0 Å². The Morgan fingerprint density at radius 3 is 2.25 bits per heavy atom. The van der Waals surface area contributed by atoms with Crippen molar-refractivity contribution >= 4 is 17.4 Å². The lowest BCUT2D eigenvalue weighted by Gasteiger charge is -2.19. The second-order valence-electron chi connectivity index (χ2n) is 4.62. The van der Waals surface area contributed by atoms with E-state index in [9.17, 15) is 9.59 Å². The summed E-state index contributed by atoms with van der Waals surface area (Å²) in [4.78, 5) is 23.3. The van der Waals surface area contributed by atoms with Gasteiger partial charge in [-0.25, -0.2) is 0 Å². The Morgan fingerprint density at radius 2 is 1.75 bits per heavy atom. The fourth-order valence-corrected chi connectivity index (χ4v) is 1.22. The third kappa shape index (κ3) is 3.08. The molecule has 0 aliphatic heterocycles. The highest BCUT2D eigenvalue weighted by Gasteiger charge is 2.22. The van der Waals surface area contributed by atoms with Gasteiger partial charge < -0.3 is 11.1 Å². The average Bonchev–Trinajstić information content (AvgIpc) is 2.15. The third-order valence-corrected chi connectivity index (χ3v) is 1.90. The lowest BCUT2D eigenvalue weighted by atomic mass is 10.1. The number of amides is 1. The zero-order valence-electron chi connectivity index (χ0n) is 9.70. The molecule has 1 rings (SSSR count). The molecule has 1 aromatic rings. The molecule has 1 aromatic carbocycles. The maximum absolute atomic E-state index is 11.8. The molecule has 16 heavy (non-hydrogen) atoms. The van der Waals surface area contributed by atoms with Gasteiger partial charge in [0.2, 0.25) is 0 Å². The Labute approximate surface area is 94.8 Å². The Bertz CT molecular complexity index is 419. The van der Waals surface area contributed by atoms with Crippen LogP contribution in [0.25, 0.3) is 0 Å². The summed E-state index contributed by atoms with van der Waals surface area (Å²) in [5.74, 6) is -1.24. The molecule has 0 radical (unpaired) electrons. The predicted molar refractivity (Wildman–Crippen MR) is 63.1 cm³/mol. The summed E-state index contributed by atoms with van der Waals surface area (Å²) in [5.41, 5.74) is 5.74. The molecule has 86 valence electrons. The number of carbonyl (C=O) groups is 2. The molecule has 0 atom stereocenters. The Morgan fingerprint density at radius 1 is 1.19 bits per heavy atom. The van der Waals surface area contributed by atoms with Crippen LogP contribution in [0.1, 0.15) is 31.1 Å². The molecule has 0 spiro atoms. The first-order valence-electron chi connectivity index (χ1n) is 5.02. The molecule has 0 bridgehead atoms. The van der Waals surface area contributed by atoms with Gasteiger partial charge in [-0.15, -0.1) is 0 Å². The molecule has 4 nitrogen and oxygen atoms in total. The lowest BCUT2D eigenvalue weighted by molar-refractivity contribution is -0.118. The number of benzene rings is 1. The van der Waals surface area contributed by atoms with Gasteiger partial charge in [-0.2, -0.15) is 0 Å². The van der Waals surface area contributed by atoms with Crippen LogP contribution in [0, 0.1) is 0 Å². The van der Waals surface area contributed by atoms with Crippen LogP contribution in [-0.4, -0.2) is 17.2 Å². The number of ketones is 1. The van der Waals surface area contributed by atoms with Crippen LogP contribution in [-0.2, 0) is 4.79 Å². The van der Waals surface area contributed by atoms with E-state index in [0.29, 0.717) is 5.69 Å². The number of nitrogens with two attached hydrogens (primary N) is 1. The lowest BCUT2D eigenvalue weighted by Crippen LogP contribution is -2.44. The van der Waals surface area contributed by atoms with E-state index in [4.69, 9.17) is 5.73 Å². The minimum atomic E-state index is -0.634. The van der Waals surface area contributed by atoms with Gasteiger partial charge >= 0.3 is 0 Å². The third-order valence-electron chi connectivity index (χ3n) is 1.90. The van der Waals surface area contributed by atoms with E-state index < -0.39 is 17.2 Å². The first kappa shape index (κ1) is 12.2. The number of nitrogen functional groups attached to an aromatic ring is 1. The molecule has 0 aromatic heterocycles. The maximum atomic E-state index is 11.8. The van der Waals surface area contributed by atoms with Gasteiger partial charge in [0.1, 0.15) is 0 Å². The minimum absolute atomic E-state index is 0.240. The first-order chi connectivity index (χ1) is 7.31. The molecule has 0 aliphatic carbocycles. The highest BCUT2D eigenvalue weighted by atomic mass is 16.2. The number of nitrogens with one attached hydrogen (secondary N) is 1. The smallest absolute Gasteiger partial charge is 0.292 e. The number of hydrogen-bond acceptors (Lipinski definition) is 3. The van der Waals surface area contributed by atoms with Crippen molar-refractivity contribution in [3.63, 3.8) is 0 Å². The maximum Gasteiger partial charge on any atom is 0.292 e. The molecular weight excluding hydrogens is 204 g/mol. The number of rotatable bonds is 2. The van der Waals surface area contributed by atoms with Crippen molar-refractivity contribution in [2.45, 2.75) is 26.3 Å². The van der Waals surface area contributed by atoms with Crippen LogP contribution in [0.15, 0.2) is 24.3 Å². The summed E-state index contributed by atoms with van der Waals surface area (Å²) < 4.78 is 0. The van der Waals surface area contributed by atoms with Crippen molar-refractivity contribution in [2.24, 2.45) is 0 Å². The average molecular weight is 220 g/mol. The monoisotopic (exact) mass is 220 g/mol. The quantitative estimate of drug-likeness (QED) is 0.449. The van der Waals surface area contributed by atoms with Crippen molar-refractivity contribution in [3.05, 3.63) is 29.8 Å². The highest BCUT2D eigenvalue weighted by Crippen LogP contribution is 2.11. The number of Topliss-reactive ketones (excluding diaryl/α,β-unsaturated/α-hetero) is 1. The van der Waals surface area contributed by atoms with Crippen LogP contribution in [0.3, 0.4) is 0 Å². The number of hydrogen-bond donors (Lipinski definition) is 2. The van der Waals surface area contributed by atoms with Crippen LogP contribution < -0.4 is 11.1 Å². The van der Waals surface area contributed by atoms with Crippen molar-refractivity contribution in [2.75, 3.05) is 5.73 Å². The second kappa shape index (κ2) is 4.35. The number of para-hydroxylation sites is 1. The molecule has 0 saturated carbocycles. The van der Waals surface area contributed by atoms with E-state index in [1.54, 1.807) is 24.3 Å². The van der Waals surface area contributed by atoms with Gasteiger partial charge in [-0.3, -0.25) is 9.59 Å². The fraction of sp³-hybridized carbons (Fsp3) is 0.333. The normalized spacial score (nSPS) is 10.9. The van der Waals surface area contributed by atoms with Crippen molar-refractivity contribution in [1.29, 1.82) is 0 Å². The zero-order chi connectivity index (χ0) is 12.3. The summed E-state index contributed by atoms with van der Waals surface area (Å²) in [6.45, 7) is 5.44. The minimum Gasteiger partial charge on any atom is -0.398 e. The van der Waals surface area contributed by atoms with Gasteiger partial charge in [0.25, 0.3) is 11.7 Å². The molecule has 4 heteroatoms. The van der Waals surface area contributed by atoms with Gasteiger partial charge in [-0.1, -0.05) is 12.1 Å². The summed E-state index contributed by atoms with van der Waals surface area (Å²) in [6, 6.07) is 6.53. The molecule has 0 heterocycles. The molecule has 1 amide bonds. The predicted octanol–water partition coefficient (Wildman–Crippen LogP) is 1.37. The molecule has 0 unspecified atom stereocenters. The van der Waals surface area contributed by atoms with Crippen LogP contribution >= 0.6 is 0 Å². The second-order valence-corrected chi connectivity index (χ2v) is 4.62. The Hall–Kier alpha value is -1.84. The largest absolute Gasteiger partial charge is 0.398 e. The van der Waals surface area contributed by atoms with E-state index >= 15 is 0 Å². The van der Waals surface area contributed by atoms with E-state index in [1.807, 2.05) is 20.8 Å². The van der Waals surface area contributed by atoms with Crippen LogP contribution in [0.4, 0.5) is 5.69 Å². The Kier molecular flexibility index (Phi) is 3.32. The van der Waals surface area contributed by atoms with Crippen LogP contribution in [0.2, 0.25) is 0 Å². The van der Waals surface area contributed by atoms with E-state index in [2.05, 4.69) is 5.32 Å². The first-order valence-corrected chi connectivity index (χ1v) is 5.02. The molecule has 0 fully saturated rings. The number of anilines is 1.